The number of rotatable bonds is 5. The minimum atomic E-state index is -0.841. The number of hydrazone groups is 1. The molecule has 0 rings (SSSR count). The fourth-order valence-electron chi connectivity index (χ4n) is 0.608. The Hall–Kier alpha value is -1.66. The van der Waals surface area contributed by atoms with E-state index in [1.165, 1.54) is 0 Å². The van der Waals surface area contributed by atoms with Crippen molar-refractivity contribution in [1.29, 1.82) is 0 Å². The zero-order valence-electron chi connectivity index (χ0n) is 9.20. The van der Waals surface area contributed by atoms with Gasteiger partial charge in [0.1, 0.15) is 0 Å². The summed E-state index contributed by atoms with van der Waals surface area (Å²) >= 11 is 0. The van der Waals surface area contributed by atoms with Crippen molar-refractivity contribution in [2.24, 2.45) is 5.10 Å². The highest BCUT2D eigenvalue weighted by molar-refractivity contribution is 5.72. The molecule has 0 aliphatic heterocycles. The predicted octanol–water partition coefficient (Wildman–Crippen LogP) is 0.581. The molecule has 0 aromatic carbocycles. The molecule has 0 aliphatic carbocycles. The summed E-state index contributed by atoms with van der Waals surface area (Å²) in [5.41, 5.74) is 2.06. The highest BCUT2D eigenvalue weighted by atomic mass is 16.8. The van der Waals surface area contributed by atoms with E-state index in [4.69, 9.17) is 4.74 Å². The van der Waals surface area contributed by atoms with Crippen molar-refractivity contribution in [2.45, 2.75) is 20.3 Å². The summed E-state index contributed by atoms with van der Waals surface area (Å²) in [6.45, 7) is 4.42. The van der Waals surface area contributed by atoms with Crippen LogP contribution in [0.15, 0.2) is 5.10 Å². The minimum Gasteiger partial charge on any atom is -0.464 e. The summed E-state index contributed by atoms with van der Waals surface area (Å²) in [7, 11) is 1.64. The van der Waals surface area contributed by atoms with Gasteiger partial charge < -0.3 is 14.8 Å². The summed E-state index contributed by atoms with van der Waals surface area (Å²) in [6.07, 6.45) is 0.0200. The Morgan fingerprint density at radius 1 is 1.33 bits per heavy atom. The third-order valence-electron chi connectivity index (χ3n) is 1.20. The maximum Gasteiger partial charge on any atom is 0.534 e. The fourth-order valence-corrected chi connectivity index (χ4v) is 0.608. The Labute approximate surface area is 88.7 Å². The lowest BCUT2D eigenvalue weighted by Gasteiger charge is -2.07. The highest BCUT2D eigenvalue weighted by Crippen LogP contribution is 1.83. The van der Waals surface area contributed by atoms with Gasteiger partial charge in [0, 0.05) is 7.05 Å². The Balaban J connectivity index is 3.74. The Bertz CT molecular complexity index is 208. The van der Waals surface area contributed by atoms with Crippen LogP contribution in [0.1, 0.15) is 20.3 Å². The third-order valence-corrected chi connectivity index (χ3v) is 1.20. The quantitative estimate of drug-likeness (QED) is 0.305. The van der Waals surface area contributed by atoms with Crippen LogP contribution in [-0.2, 0) is 14.3 Å². The van der Waals surface area contributed by atoms with E-state index in [0.717, 1.165) is 6.42 Å². The molecule has 0 radical (unpaired) electrons. The number of hydrogen-bond donors (Lipinski definition) is 2. The monoisotopic (exact) mass is 219 g/mol. The molecule has 0 aromatic heterocycles. The first kappa shape index (κ1) is 13.3. The molecule has 0 bridgehead atoms. The molecule has 0 fully saturated rings. The smallest absolute Gasteiger partial charge is 0.464 e. The normalized spacial score (nSPS) is 10.5. The first-order valence-corrected chi connectivity index (χ1v) is 4.71. The second-order valence-electron chi connectivity index (χ2n) is 2.39. The maximum atomic E-state index is 10.7. The Morgan fingerprint density at radius 3 is 2.60 bits per heavy atom. The van der Waals surface area contributed by atoms with E-state index in [1.807, 2.05) is 6.92 Å². The molecule has 0 atom stereocenters. The number of carbonyl (C=O) groups excluding carboxylic acids is 1. The molecule has 88 valence electrons. The molecule has 0 saturated carbocycles. The van der Waals surface area contributed by atoms with Gasteiger partial charge in [-0.1, -0.05) is 12.0 Å². The zero-order valence-corrected chi connectivity index (χ0v) is 9.20. The topological polar surface area (TPSA) is 81.2 Å². The standard InChI is InChI=1S/C8H17N3O4/c1-4-6-14-7(9-3)10-11-15-8(12)13-5-2/h11H,4-6H2,1-3H3,(H,9,10). The molecule has 2 N–H and O–H groups in total. The predicted molar refractivity (Wildman–Crippen MR) is 54.0 cm³/mol. The van der Waals surface area contributed by atoms with Gasteiger partial charge in [0.05, 0.1) is 13.2 Å². The van der Waals surface area contributed by atoms with Crippen LogP contribution in [0.4, 0.5) is 4.79 Å². The summed E-state index contributed by atoms with van der Waals surface area (Å²) < 4.78 is 9.61. The van der Waals surface area contributed by atoms with Crippen molar-refractivity contribution < 1.29 is 19.1 Å². The Morgan fingerprint density at radius 2 is 2.07 bits per heavy atom. The van der Waals surface area contributed by atoms with Gasteiger partial charge in [-0.25, -0.2) is 4.79 Å². The second-order valence-corrected chi connectivity index (χ2v) is 2.39. The maximum absolute atomic E-state index is 10.7. The van der Waals surface area contributed by atoms with Crippen molar-refractivity contribution in [2.75, 3.05) is 20.3 Å². The molecular weight excluding hydrogens is 202 g/mol. The Kier molecular flexibility index (Phi) is 7.93. The van der Waals surface area contributed by atoms with Crippen LogP contribution < -0.4 is 10.9 Å². The molecule has 0 aromatic rings. The van der Waals surface area contributed by atoms with Crippen molar-refractivity contribution >= 4 is 12.2 Å². The van der Waals surface area contributed by atoms with Crippen LogP contribution in [0.3, 0.4) is 0 Å². The van der Waals surface area contributed by atoms with Crippen LogP contribution in [0.25, 0.3) is 0 Å². The summed E-state index contributed by atoms with van der Waals surface area (Å²) in [6, 6.07) is 0.237. The average Bonchev–Trinajstić information content (AvgIpc) is 2.23. The molecule has 7 heteroatoms. The average molecular weight is 219 g/mol. The van der Waals surface area contributed by atoms with Crippen LogP contribution >= 0.6 is 0 Å². The van der Waals surface area contributed by atoms with Crippen LogP contribution in [0.5, 0.6) is 0 Å². The summed E-state index contributed by atoms with van der Waals surface area (Å²) in [5, 5.41) is 6.29. The van der Waals surface area contributed by atoms with Gasteiger partial charge in [0.2, 0.25) is 0 Å². The number of ether oxygens (including phenoxy) is 2. The molecule has 0 amide bonds. The van der Waals surface area contributed by atoms with Crippen LogP contribution in [0.2, 0.25) is 0 Å². The molecule has 0 saturated heterocycles. The van der Waals surface area contributed by atoms with Crippen LogP contribution in [0, 0.1) is 0 Å². The van der Waals surface area contributed by atoms with Gasteiger partial charge in [0.25, 0.3) is 0 Å². The highest BCUT2D eigenvalue weighted by Gasteiger charge is 2.01. The summed E-state index contributed by atoms with van der Waals surface area (Å²) in [4.78, 5) is 15.1. The third kappa shape index (κ3) is 7.41. The number of amidine groups is 1. The first-order valence-electron chi connectivity index (χ1n) is 4.71. The van der Waals surface area contributed by atoms with Gasteiger partial charge in [-0.3, -0.25) is 4.84 Å². The SMILES string of the molecule is CCCOC(=NNOC(=O)OCC)NC. The van der Waals surface area contributed by atoms with Gasteiger partial charge in [-0.2, -0.15) is 0 Å². The zero-order chi connectivity index (χ0) is 11.5. The lowest BCUT2D eigenvalue weighted by atomic mass is 10.5. The molecule has 0 heterocycles. The molecule has 0 spiro atoms. The van der Waals surface area contributed by atoms with Gasteiger partial charge >= 0.3 is 12.2 Å². The fraction of sp³-hybridized carbons (Fsp3) is 0.750. The van der Waals surface area contributed by atoms with Gasteiger partial charge in [0.15, 0.2) is 0 Å². The lowest BCUT2D eigenvalue weighted by molar-refractivity contribution is 0.0191. The van der Waals surface area contributed by atoms with Gasteiger partial charge in [-0.15, -0.1) is 5.59 Å². The molecule has 7 nitrogen and oxygen atoms in total. The minimum absolute atomic E-state index is 0.237. The van der Waals surface area contributed by atoms with Crippen molar-refractivity contribution in [3.05, 3.63) is 0 Å². The number of nitrogens with one attached hydrogen (secondary N) is 2. The second kappa shape index (κ2) is 8.92. The molecule has 0 unspecified atom stereocenters. The van der Waals surface area contributed by atoms with E-state index >= 15 is 0 Å². The van der Waals surface area contributed by atoms with E-state index in [1.54, 1.807) is 14.0 Å². The lowest BCUT2D eigenvalue weighted by Crippen LogP contribution is -2.26. The number of nitrogens with zero attached hydrogens (tertiary/aromatic N) is 1. The molecular formula is C8H17N3O4. The largest absolute Gasteiger partial charge is 0.534 e. The van der Waals surface area contributed by atoms with E-state index in [-0.39, 0.29) is 12.6 Å². The molecule has 15 heavy (non-hydrogen) atoms. The van der Waals surface area contributed by atoms with Crippen molar-refractivity contribution in [1.82, 2.24) is 10.9 Å². The van der Waals surface area contributed by atoms with Crippen molar-refractivity contribution in [3.8, 4) is 0 Å². The first-order chi connectivity index (χ1) is 7.24. The van der Waals surface area contributed by atoms with Crippen LogP contribution in [-0.4, -0.2) is 32.4 Å². The van der Waals surface area contributed by atoms with E-state index in [9.17, 15) is 4.79 Å². The number of carbonyl (C=O) groups is 1. The van der Waals surface area contributed by atoms with E-state index in [2.05, 4.69) is 25.6 Å². The van der Waals surface area contributed by atoms with E-state index < -0.39 is 6.16 Å². The summed E-state index contributed by atoms with van der Waals surface area (Å²) in [5.74, 6) is 0. The van der Waals surface area contributed by atoms with Gasteiger partial charge in [-0.05, 0) is 13.3 Å². The molecule has 0 aliphatic rings. The number of hydrogen-bond acceptors (Lipinski definition) is 6. The van der Waals surface area contributed by atoms with E-state index in [0.29, 0.717) is 6.61 Å². The van der Waals surface area contributed by atoms with Crippen molar-refractivity contribution in [3.63, 3.8) is 0 Å².